The lowest BCUT2D eigenvalue weighted by molar-refractivity contribution is -0.150. The van der Waals surface area contributed by atoms with Crippen LogP contribution in [0.2, 0.25) is 5.02 Å². The molecule has 5 heteroatoms. The van der Waals surface area contributed by atoms with Crippen molar-refractivity contribution >= 4 is 17.5 Å². The van der Waals surface area contributed by atoms with Crippen LogP contribution in [0, 0.1) is 0 Å². The molecule has 0 saturated heterocycles. The van der Waals surface area contributed by atoms with Gasteiger partial charge in [-0.15, -0.1) is 0 Å². The molecule has 1 atom stereocenters. The van der Waals surface area contributed by atoms with Crippen molar-refractivity contribution in [3.8, 4) is 5.75 Å². The highest BCUT2D eigenvalue weighted by Gasteiger charge is 2.24. The summed E-state index contributed by atoms with van der Waals surface area (Å²) in [7, 11) is 0. The van der Waals surface area contributed by atoms with Crippen LogP contribution >= 0.6 is 11.6 Å². The maximum atomic E-state index is 12.2. The van der Waals surface area contributed by atoms with Crippen molar-refractivity contribution in [3.05, 3.63) is 29.3 Å². The van der Waals surface area contributed by atoms with Gasteiger partial charge in [-0.25, -0.2) is 5.48 Å². The van der Waals surface area contributed by atoms with E-state index < -0.39 is 6.10 Å². The molecule has 0 bridgehead atoms. The number of ether oxygens (including phenoxy) is 1. The maximum Gasteiger partial charge on any atom is 0.284 e. The van der Waals surface area contributed by atoms with Crippen molar-refractivity contribution < 1.29 is 14.4 Å². The fourth-order valence-electron chi connectivity index (χ4n) is 2.01. The zero-order valence-electron chi connectivity index (χ0n) is 12.3. The molecule has 1 amide bonds. The molecule has 1 saturated carbocycles. The van der Waals surface area contributed by atoms with E-state index in [1.165, 1.54) is 6.42 Å². The van der Waals surface area contributed by atoms with Crippen molar-refractivity contribution in [2.24, 2.45) is 0 Å². The number of halogens is 1. The van der Waals surface area contributed by atoms with Gasteiger partial charge in [0.2, 0.25) is 0 Å². The van der Waals surface area contributed by atoms with Gasteiger partial charge < -0.3 is 4.74 Å². The summed E-state index contributed by atoms with van der Waals surface area (Å²) in [5.41, 5.74) is 2.54. The monoisotopic (exact) mass is 311 g/mol. The van der Waals surface area contributed by atoms with Crippen LogP contribution in [-0.4, -0.2) is 18.1 Å². The summed E-state index contributed by atoms with van der Waals surface area (Å²) in [6.07, 6.45) is 5.42. The first-order valence-electron chi connectivity index (χ1n) is 7.56. The van der Waals surface area contributed by atoms with Crippen LogP contribution in [0.25, 0.3) is 0 Å². The third-order valence-corrected chi connectivity index (χ3v) is 3.83. The molecule has 4 nitrogen and oxygen atoms in total. The van der Waals surface area contributed by atoms with Crippen LogP contribution in [0.5, 0.6) is 5.75 Å². The van der Waals surface area contributed by atoms with Crippen molar-refractivity contribution in [2.45, 2.75) is 57.7 Å². The zero-order valence-corrected chi connectivity index (χ0v) is 13.1. The molecule has 1 aromatic carbocycles. The van der Waals surface area contributed by atoms with Gasteiger partial charge >= 0.3 is 0 Å². The summed E-state index contributed by atoms with van der Waals surface area (Å²) in [5, 5.41) is 0.644. The number of hydrogen-bond donors (Lipinski definition) is 1. The fraction of sp³-hybridized carbons (Fsp3) is 0.562. The fourth-order valence-corrected chi connectivity index (χ4v) is 2.13. The first-order chi connectivity index (χ1) is 10.2. The second-order valence-corrected chi connectivity index (χ2v) is 5.78. The van der Waals surface area contributed by atoms with E-state index in [1.54, 1.807) is 24.3 Å². The SMILES string of the molecule is CCCCC(Oc1ccc(Cl)cc1)C(=O)NOC1CCC1. The Bertz CT molecular complexity index is 445. The average molecular weight is 312 g/mol. The molecule has 0 heterocycles. The Balaban J connectivity index is 1.88. The van der Waals surface area contributed by atoms with Gasteiger partial charge in [0.05, 0.1) is 6.10 Å². The number of rotatable bonds is 8. The van der Waals surface area contributed by atoms with Gasteiger partial charge in [-0.2, -0.15) is 0 Å². The summed E-state index contributed by atoms with van der Waals surface area (Å²) in [5.74, 6) is 0.421. The van der Waals surface area contributed by atoms with Gasteiger partial charge in [0.25, 0.3) is 5.91 Å². The molecule has 0 spiro atoms. The lowest BCUT2D eigenvalue weighted by Gasteiger charge is -2.26. The Kier molecular flexibility index (Phi) is 6.33. The Morgan fingerprint density at radius 1 is 1.38 bits per heavy atom. The molecule has 1 aromatic rings. The van der Waals surface area contributed by atoms with Crippen LogP contribution in [-0.2, 0) is 9.63 Å². The zero-order chi connectivity index (χ0) is 15.1. The summed E-state index contributed by atoms with van der Waals surface area (Å²) >= 11 is 5.85. The number of benzene rings is 1. The highest BCUT2D eigenvalue weighted by Crippen LogP contribution is 2.21. The highest BCUT2D eigenvalue weighted by molar-refractivity contribution is 6.30. The quantitative estimate of drug-likeness (QED) is 0.741. The van der Waals surface area contributed by atoms with Crippen LogP contribution in [0.1, 0.15) is 45.4 Å². The van der Waals surface area contributed by atoms with E-state index in [0.29, 0.717) is 17.2 Å². The average Bonchev–Trinajstić information content (AvgIpc) is 2.43. The van der Waals surface area contributed by atoms with Gasteiger partial charge in [-0.3, -0.25) is 9.63 Å². The Hall–Kier alpha value is -1.26. The molecule has 0 aromatic heterocycles. The molecule has 1 N–H and O–H groups in total. The molecular weight excluding hydrogens is 290 g/mol. The summed E-state index contributed by atoms with van der Waals surface area (Å²) < 4.78 is 5.77. The smallest absolute Gasteiger partial charge is 0.284 e. The Morgan fingerprint density at radius 3 is 2.67 bits per heavy atom. The minimum Gasteiger partial charge on any atom is -0.481 e. The second-order valence-electron chi connectivity index (χ2n) is 5.34. The highest BCUT2D eigenvalue weighted by atomic mass is 35.5. The van der Waals surface area contributed by atoms with E-state index in [4.69, 9.17) is 21.2 Å². The van der Waals surface area contributed by atoms with E-state index in [-0.39, 0.29) is 12.0 Å². The third-order valence-electron chi connectivity index (χ3n) is 3.58. The van der Waals surface area contributed by atoms with Crippen molar-refractivity contribution in [2.75, 3.05) is 0 Å². The number of unbranched alkanes of at least 4 members (excludes halogenated alkanes) is 1. The molecule has 1 unspecified atom stereocenters. The molecule has 1 aliphatic carbocycles. The van der Waals surface area contributed by atoms with Crippen LogP contribution in [0.15, 0.2) is 24.3 Å². The van der Waals surface area contributed by atoms with Crippen molar-refractivity contribution in [3.63, 3.8) is 0 Å². The van der Waals surface area contributed by atoms with Gasteiger partial charge in [0, 0.05) is 5.02 Å². The summed E-state index contributed by atoms with van der Waals surface area (Å²) in [6, 6.07) is 7.02. The predicted octanol–water partition coefficient (Wildman–Crippen LogP) is 3.88. The first-order valence-corrected chi connectivity index (χ1v) is 7.94. The lowest BCUT2D eigenvalue weighted by Crippen LogP contribution is -2.41. The minimum atomic E-state index is -0.536. The Morgan fingerprint density at radius 2 is 2.10 bits per heavy atom. The molecule has 2 rings (SSSR count). The van der Waals surface area contributed by atoms with Gasteiger partial charge in [0.1, 0.15) is 5.75 Å². The normalized spacial score (nSPS) is 16.1. The lowest BCUT2D eigenvalue weighted by atomic mass is 9.97. The molecule has 0 aliphatic heterocycles. The van der Waals surface area contributed by atoms with E-state index in [1.807, 2.05) is 0 Å². The van der Waals surface area contributed by atoms with Crippen LogP contribution < -0.4 is 10.2 Å². The number of hydrogen-bond acceptors (Lipinski definition) is 3. The Labute approximate surface area is 130 Å². The maximum absolute atomic E-state index is 12.2. The molecule has 1 fully saturated rings. The van der Waals surface area contributed by atoms with E-state index in [9.17, 15) is 4.79 Å². The van der Waals surface area contributed by atoms with E-state index in [2.05, 4.69) is 12.4 Å². The van der Waals surface area contributed by atoms with E-state index in [0.717, 1.165) is 25.7 Å². The standard InChI is InChI=1S/C16H22ClNO3/c1-2-3-7-15(16(19)18-21-14-5-4-6-14)20-13-10-8-12(17)9-11-13/h8-11,14-15H,2-7H2,1H3,(H,18,19). The van der Waals surface area contributed by atoms with Crippen molar-refractivity contribution in [1.29, 1.82) is 0 Å². The number of carbonyl (C=O) groups is 1. The topological polar surface area (TPSA) is 47.6 Å². The molecule has 21 heavy (non-hydrogen) atoms. The van der Waals surface area contributed by atoms with Crippen LogP contribution in [0.4, 0.5) is 0 Å². The third kappa shape index (κ3) is 5.21. The van der Waals surface area contributed by atoms with Crippen molar-refractivity contribution in [1.82, 2.24) is 5.48 Å². The largest absolute Gasteiger partial charge is 0.481 e. The number of carbonyl (C=O) groups excluding carboxylic acids is 1. The predicted molar refractivity (Wildman–Crippen MR) is 82.3 cm³/mol. The number of hydroxylamine groups is 1. The first kappa shape index (κ1) is 16.1. The molecule has 116 valence electrons. The number of nitrogens with one attached hydrogen (secondary N) is 1. The summed E-state index contributed by atoms with van der Waals surface area (Å²) in [4.78, 5) is 17.5. The van der Waals surface area contributed by atoms with Gasteiger partial charge in [-0.05, 0) is 56.4 Å². The van der Waals surface area contributed by atoms with E-state index >= 15 is 0 Å². The minimum absolute atomic E-state index is 0.163. The van der Waals surface area contributed by atoms with Crippen LogP contribution in [0.3, 0.4) is 0 Å². The van der Waals surface area contributed by atoms with Gasteiger partial charge in [-0.1, -0.05) is 24.9 Å². The molecule has 0 radical (unpaired) electrons. The summed E-state index contributed by atoms with van der Waals surface area (Å²) in [6.45, 7) is 2.09. The second kappa shape index (κ2) is 8.25. The molecular formula is C16H22ClNO3. The van der Waals surface area contributed by atoms with Gasteiger partial charge in [0.15, 0.2) is 6.10 Å². The molecule has 1 aliphatic rings. The number of amides is 1.